The molecule has 9 nitrogen and oxygen atoms in total. The number of carboxylic acid groups (broad SMARTS) is 1. The number of β-amino-alcohol motifs (C(OH)–C–C–N with tert-alkyl or cyclic N) is 1. The minimum atomic E-state index is -1.28. The second-order valence-electron chi connectivity index (χ2n) is 5.43. The average Bonchev–Trinajstić information content (AvgIpc) is 2.94. The highest BCUT2D eigenvalue weighted by atomic mass is 16.5. The van der Waals surface area contributed by atoms with Crippen LogP contribution >= 0.6 is 0 Å². The first-order valence-electron chi connectivity index (χ1n) is 7.29. The lowest BCUT2D eigenvalue weighted by atomic mass is 10.2. The van der Waals surface area contributed by atoms with Gasteiger partial charge in [0.2, 0.25) is 5.91 Å². The van der Waals surface area contributed by atoms with E-state index < -0.39 is 24.1 Å². The lowest BCUT2D eigenvalue weighted by molar-refractivity contribution is -0.144. The van der Waals surface area contributed by atoms with Crippen molar-refractivity contribution in [1.29, 1.82) is 0 Å². The number of nitrogens with zero attached hydrogens (tertiary/aromatic N) is 2. The van der Waals surface area contributed by atoms with E-state index in [1.54, 1.807) is 0 Å². The van der Waals surface area contributed by atoms with Crippen LogP contribution in [0.5, 0.6) is 0 Å². The van der Waals surface area contributed by atoms with Gasteiger partial charge < -0.3 is 30.1 Å². The van der Waals surface area contributed by atoms with Crippen LogP contribution in [0, 0.1) is 0 Å². The Balaban J connectivity index is 1.87. The van der Waals surface area contributed by atoms with Crippen LogP contribution in [0.3, 0.4) is 0 Å². The predicted octanol–water partition coefficient (Wildman–Crippen LogP) is -1.54. The summed E-state index contributed by atoms with van der Waals surface area (Å²) in [5, 5.41) is 20.9. The summed E-state index contributed by atoms with van der Waals surface area (Å²) in [6.07, 6.45) is -0.404. The molecular weight excluding hydrogens is 294 g/mol. The van der Waals surface area contributed by atoms with Gasteiger partial charge in [-0.15, -0.1) is 0 Å². The molecule has 2 aliphatic rings. The predicted molar refractivity (Wildman–Crippen MR) is 74.2 cm³/mol. The first-order chi connectivity index (χ1) is 10.5. The van der Waals surface area contributed by atoms with Crippen LogP contribution in [0.4, 0.5) is 4.79 Å². The molecule has 2 rings (SSSR count). The highest BCUT2D eigenvalue weighted by Gasteiger charge is 2.30. The molecule has 124 valence electrons. The Labute approximate surface area is 127 Å². The zero-order chi connectivity index (χ0) is 16.1. The summed E-state index contributed by atoms with van der Waals surface area (Å²) >= 11 is 0. The standard InChI is InChI=1S/C13H21N3O6/c17-9-1-2-16(8-9)13(21)14-10(12(19)20)7-11(18)15-3-5-22-6-4-15/h9-10,17H,1-8H2,(H,14,21)(H,19,20). The summed E-state index contributed by atoms with van der Waals surface area (Å²) in [7, 11) is 0. The molecule has 2 aliphatic heterocycles. The molecule has 2 heterocycles. The van der Waals surface area contributed by atoms with Crippen LogP contribution in [0.25, 0.3) is 0 Å². The van der Waals surface area contributed by atoms with E-state index in [0.717, 1.165) is 0 Å². The highest BCUT2D eigenvalue weighted by Crippen LogP contribution is 2.10. The van der Waals surface area contributed by atoms with Gasteiger partial charge in [0, 0.05) is 26.2 Å². The van der Waals surface area contributed by atoms with Gasteiger partial charge in [-0.2, -0.15) is 0 Å². The Morgan fingerprint density at radius 1 is 1.18 bits per heavy atom. The fourth-order valence-electron chi connectivity index (χ4n) is 2.48. The van der Waals surface area contributed by atoms with Crippen molar-refractivity contribution in [3.05, 3.63) is 0 Å². The largest absolute Gasteiger partial charge is 0.480 e. The lowest BCUT2D eigenvalue weighted by Crippen LogP contribution is -2.50. The third-order valence-electron chi connectivity index (χ3n) is 3.79. The number of rotatable bonds is 4. The fourth-order valence-corrected chi connectivity index (χ4v) is 2.48. The van der Waals surface area contributed by atoms with E-state index >= 15 is 0 Å². The first kappa shape index (κ1) is 16.5. The van der Waals surface area contributed by atoms with Crippen molar-refractivity contribution in [2.24, 2.45) is 0 Å². The van der Waals surface area contributed by atoms with Gasteiger partial charge in [-0.25, -0.2) is 9.59 Å². The second-order valence-corrected chi connectivity index (χ2v) is 5.43. The van der Waals surface area contributed by atoms with Crippen LogP contribution in [0.2, 0.25) is 0 Å². The molecule has 22 heavy (non-hydrogen) atoms. The van der Waals surface area contributed by atoms with Crippen molar-refractivity contribution >= 4 is 17.9 Å². The minimum absolute atomic E-state index is 0.176. The molecular formula is C13H21N3O6. The van der Waals surface area contributed by atoms with E-state index in [4.69, 9.17) is 4.74 Å². The van der Waals surface area contributed by atoms with E-state index in [1.807, 2.05) is 0 Å². The molecule has 0 bridgehead atoms. The molecule has 3 amide bonds. The number of urea groups is 1. The van der Waals surface area contributed by atoms with E-state index in [2.05, 4.69) is 5.32 Å². The van der Waals surface area contributed by atoms with Gasteiger partial charge in [0.15, 0.2) is 0 Å². The zero-order valence-electron chi connectivity index (χ0n) is 12.2. The van der Waals surface area contributed by atoms with Crippen LogP contribution in [-0.2, 0) is 14.3 Å². The molecule has 0 aromatic rings. The normalized spacial score (nSPS) is 23.2. The summed E-state index contributed by atoms with van der Waals surface area (Å²) in [5.74, 6) is -1.58. The smallest absolute Gasteiger partial charge is 0.326 e. The van der Waals surface area contributed by atoms with Gasteiger partial charge in [-0.05, 0) is 6.42 Å². The maximum absolute atomic E-state index is 12.1. The number of hydrogen-bond donors (Lipinski definition) is 3. The van der Waals surface area contributed by atoms with Crippen molar-refractivity contribution in [2.75, 3.05) is 39.4 Å². The minimum Gasteiger partial charge on any atom is -0.480 e. The quantitative estimate of drug-likeness (QED) is 0.579. The van der Waals surface area contributed by atoms with Crippen molar-refractivity contribution < 1.29 is 29.3 Å². The zero-order valence-corrected chi connectivity index (χ0v) is 12.2. The Morgan fingerprint density at radius 3 is 2.41 bits per heavy atom. The molecule has 2 atom stereocenters. The Hall–Kier alpha value is -1.87. The maximum Gasteiger partial charge on any atom is 0.326 e. The summed E-state index contributed by atoms with van der Waals surface area (Å²) in [4.78, 5) is 38.2. The molecule has 0 aromatic carbocycles. The number of morpholine rings is 1. The van der Waals surface area contributed by atoms with Crippen LogP contribution in [0.15, 0.2) is 0 Å². The molecule has 0 aliphatic carbocycles. The van der Waals surface area contributed by atoms with Crippen LogP contribution < -0.4 is 5.32 Å². The number of amides is 3. The Kier molecular flexibility index (Phi) is 5.56. The van der Waals surface area contributed by atoms with Gasteiger partial charge in [0.25, 0.3) is 0 Å². The van der Waals surface area contributed by atoms with Gasteiger partial charge in [-0.3, -0.25) is 4.79 Å². The van der Waals surface area contributed by atoms with Crippen LogP contribution in [-0.4, -0.2) is 89.5 Å². The van der Waals surface area contributed by atoms with E-state index in [1.165, 1.54) is 9.80 Å². The molecule has 0 radical (unpaired) electrons. The number of nitrogens with one attached hydrogen (secondary N) is 1. The Morgan fingerprint density at radius 2 is 1.86 bits per heavy atom. The molecule has 2 saturated heterocycles. The summed E-state index contributed by atoms with van der Waals surface area (Å²) in [6.45, 7) is 2.27. The number of aliphatic hydroxyl groups is 1. The highest BCUT2D eigenvalue weighted by molar-refractivity contribution is 5.88. The molecule has 3 N–H and O–H groups in total. The first-order valence-corrected chi connectivity index (χ1v) is 7.29. The Bertz CT molecular complexity index is 419. The van der Waals surface area contributed by atoms with Gasteiger partial charge in [0.05, 0.1) is 25.7 Å². The van der Waals surface area contributed by atoms with E-state index in [9.17, 15) is 24.6 Å². The number of aliphatic hydroxyl groups excluding tert-OH is 1. The van der Waals surface area contributed by atoms with E-state index in [0.29, 0.717) is 39.3 Å². The molecule has 0 saturated carbocycles. The number of carboxylic acids is 1. The molecule has 2 unspecified atom stereocenters. The monoisotopic (exact) mass is 315 g/mol. The lowest BCUT2D eigenvalue weighted by Gasteiger charge is -2.28. The van der Waals surface area contributed by atoms with Crippen LogP contribution in [0.1, 0.15) is 12.8 Å². The number of carbonyl (C=O) groups is 3. The summed E-state index contributed by atoms with van der Waals surface area (Å²) < 4.78 is 5.13. The third kappa shape index (κ3) is 4.31. The van der Waals surface area contributed by atoms with Crippen molar-refractivity contribution in [1.82, 2.24) is 15.1 Å². The molecule has 2 fully saturated rings. The number of hydrogen-bond acceptors (Lipinski definition) is 5. The molecule has 9 heteroatoms. The number of aliphatic carboxylic acids is 1. The topological polar surface area (TPSA) is 119 Å². The van der Waals surface area contributed by atoms with Crippen molar-refractivity contribution in [3.63, 3.8) is 0 Å². The SMILES string of the molecule is O=C(O)C(CC(=O)N1CCOCC1)NC(=O)N1CCC(O)C1. The van der Waals surface area contributed by atoms with Crippen molar-refractivity contribution in [3.8, 4) is 0 Å². The summed E-state index contributed by atoms with van der Waals surface area (Å²) in [5.41, 5.74) is 0. The number of likely N-dealkylation sites (tertiary alicyclic amines) is 1. The fraction of sp³-hybridized carbons (Fsp3) is 0.769. The van der Waals surface area contributed by atoms with E-state index in [-0.39, 0.29) is 18.9 Å². The number of ether oxygens (including phenoxy) is 1. The average molecular weight is 315 g/mol. The van der Waals surface area contributed by atoms with Crippen molar-refractivity contribution in [2.45, 2.75) is 25.0 Å². The summed E-state index contributed by atoms with van der Waals surface area (Å²) in [6, 6.07) is -1.85. The number of carbonyl (C=O) groups excluding carboxylic acids is 2. The van der Waals surface area contributed by atoms with Gasteiger partial charge in [-0.1, -0.05) is 0 Å². The van der Waals surface area contributed by atoms with Gasteiger partial charge >= 0.3 is 12.0 Å². The van der Waals surface area contributed by atoms with Gasteiger partial charge in [0.1, 0.15) is 6.04 Å². The second kappa shape index (κ2) is 7.41. The molecule has 0 spiro atoms. The maximum atomic E-state index is 12.1. The third-order valence-corrected chi connectivity index (χ3v) is 3.79. The molecule has 0 aromatic heterocycles.